The highest BCUT2D eigenvalue weighted by Gasteiger charge is 2.38. The maximum Gasteiger partial charge on any atom is 0.453 e. The molecule has 1 heterocycles. The first kappa shape index (κ1) is 9.76. The minimum Gasteiger partial charge on any atom is -0.351 e. The first-order valence-electron chi connectivity index (χ1n) is 4.16. The van der Waals surface area contributed by atoms with Crippen LogP contribution in [0, 0.1) is 0 Å². The molecule has 0 radical (unpaired) electrons. The summed E-state index contributed by atoms with van der Waals surface area (Å²) in [5.41, 5.74) is 0.397. The third kappa shape index (κ3) is 1.86. The number of aromatic nitrogens is 1. The Balaban J connectivity index is 2.51. The Kier molecular flexibility index (Phi) is 2.22. The van der Waals surface area contributed by atoms with Crippen LogP contribution in [0.2, 0.25) is 0 Å². The van der Waals surface area contributed by atoms with E-state index in [0.29, 0.717) is 5.56 Å². The van der Waals surface area contributed by atoms with Crippen molar-refractivity contribution in [3.63, 3.8) is 0 Å². The minimum atomic E-state index is -4.51. The fourth-order valence-electron chi connectivity index (χ4n) is 1.27. The van der Waals surface area contributed by atoms with Crippen molar-refractivity contribution in [1.29, 1.82) is 0 Å². The lowest BCUT2D eigenvalue weighted by atomic mass is 10.1. The summed E-state index contributed by atoms with van der Waals surface area (Å²) in [5.74, 6) is -1.06. The molecule has 2 nitrogen and oxygen atoms in total. The van der Waals surface area contributed by atoms with Gasteiger partial charge in [0, 0.05) is 0 Å². The first-order chi connectivity index (χ1) is 7.09. The average Bonchev–Trinajstić information content (AvgIpc) is 2.67. The molecule has 0 aliphatic carbocycles. The number of hydrogen-bond acceptors (Lipinski definition) is 2. The van der Waals surface area contributed by atoms with Crippen LogP contribution in [0.15, 0.2) is 41.1 Å². The van der Waals surface area contributed by atoms with Gasteiger partial charge in [-0.2, -0.15) is 13.2 Å². The molecule has 0 aliphatic heterocycles. The van der Waals surface area contributed by atoms with Crippen LogP contribution < -0.4 is 0 Å². The molecule has 2 rings (SSSR count). The predicted octanol–water partition coefficient (Wildman–Crippen LogP) is 3.36. The van der Waals surface area contributed by atoms with E-state index < -0.39 is 11.9 Å². The van der Waals surface area contributed by atoms with Crippen LogP contribution in [0.1, 0.15) is 5.76 Å². The predicted molar refractivity (Wildman–Crippen MR) is 46.9 cm³/mol. The summed E-state index contributed by atoms with van der Waals surface area (Å²) in [6.07, 6.45) is -3.44. The highest BCUT2D eigenvalue weighted by Crippen LogP contribution is 2.36. The van der Waals surface area contributed by atoms with Gasteiger partial charge in [0.2, 0.25) is 5.76 Å². The molecule has 0 bridgehead atoms. The Morgan fingerprint density at radius 3 is 2.33 bits per heavy atom. The second-order valence-corrected chi connectivity index (χ2v) is 2.93. The third-order valence-electron chi connectivity index (χ3n) is 1.91. The van der Waals surface area contributed by atoms with E-state index in [1.807, 2.05) is 0 Å². The van der Waals surface area contributed by atoms with Crippen LogP contribution in [-0.4, -0.2) is 5.16 Å². The Morgan fingerprint density at radius 1 is 1.07 bits per heavy atom. The van der Waals surface area contributed by atoms with Crippen molar-refractivity contribution in [1.82, 2.24) is 5.16 Å². The van der Waals surface area contributed by atoms with Crippen molar-refractivity contribution in [2.45, 2.75) is 6.18 Å². The van der Waals surface area contributed by atoms with Gasteiger partial charge in [-0.25, -0.2) is 0 Å². The lowest BCUT2D eigenvalue weighted by Gasteiger charge is -2.04. The van der Waals surface area contributed by atoms with Gasteiger partial charge in [-0.15, -0.1) is 0 Å². The molecule has 0 spiro atoms. The topological polar surface area (TPSA) is 26.0 Å². The molecule has 0 fully saturated rings. The molecule has 0 saturated carbocycles. The SMILES string of the molecule is FC(F)(F)c1oncc1-c1ccccc1. The molecule has 2 aromatic rings. The fourth-order valence-corrected chi connectivity index (χ4v) is 1.27. The highest BCUT2D eigenvalue weighted by molar-refractivity contribution is 5.64. The van der Waals surface area contributed by atoms with E-state index in [1.165, 1.54) is 0 Å². The monoisotopic (exact) mass is 213 g/mol. The van der Waals surface area contributed by atoms with Crippen LogP contribution >= 0.6 is 0 Å². The number of hydrogen-bond donors (Lipinski definition) is 0. The van der Waals surface area contributed by atoms with Crippen molar-refractivity contribution in [2.75, 3.05) is 0 Å². The van der Waals surface area contributed by atoms with Crippen LogP contribution in [0.4, 0.5) is 13.2 Å². The van der Waals surface area contributed by atoms with E-state index in [1.54, 1.807) is 30.3 Å². The number of benzene rings is 1. The lowest BCUT2D eigenvalue weighted by molar-refractivity contribution is -0.154. The first-order valence-corrected chi connectivity index (χ1v) is 4.16. The standard InChI is InChI=1S/C10H6F3NO/c11-10(12,13)9-8(6-14-15-9)7-4-2-1-3-5-7/h1-6H. The second kappa shape index (κ2) is 3.42. The molecule has 15 heavy (non-hydrogen) atoms. The summed E-state index contributed by atoms with van der Waals surface area (Å²) in [4.78, 5) is 0. The van der Waals surface area contributed by atoms with Gasteiger partial charge < -0.3 is 4.52 Å². The van der Waals surface area contributed by atoms with Gasteiger partial charge in [-0.3, -0.25) is 0 Å². The Labute approximate surface area is 83.3 Å². The highest BCUT2D eigenvalue weighted by atomic mass is 19.4. The van der Waals surface area contributed by atoms with Crippen molar-refractivity contribution in [3.8, 4) is 11.1 Å². The summed E-state index contributed by atoms with van der Waals surface area (Å²) in [7, 11) is 0. The molecule has 5 heteroatoms. The molecule has 0 N–H and O–H groups in total. The molecule has 0 unspecified atom stereocenters. The number of rotatable bonds is 1. The number of halogens is 3. The molecular formula is C10H6F3NO. The fraction of sp³-hybridized carbons (Fsp3) is 0.100. The van der Waals surface area contributed by atoms with Gasteiger partial charge in [-0.05, 0) is 5.56 Å². The summed E-state index contributed by atoms with van der Waals surface area (Å²) in [6.45, 7) is 0. The van der Waals surface area contributed by atoms with E-state index >= 15 is 0 Å². The van der Waals surface area contributed by atoms with E-state index in [4.69, 9.17) is 0 Å². The molecule has 1 aromatic heterocycles. The zero-order valence-corrected chi connectivity index (χ0v) is 7.45. The zero-order valence-electron chi connectivity index (χ0n) is 7.45. The van der Waals surface area contributed by atoms with Crippen LogP contribution in [-0.2, 0) is 6.18 Å². The van der Waals surface area contributed by atoms with E-state index in [-0.39, 0.29) is 5.56 Å². The minimum absolute atomic E-state index is 0.0388. The summed E-state index contributed by atoms with van der Waals surface area (Å²) >= 11 is 0. The van der Waals surface area contributed by atoms with Crippen LogP contribution in [0.5, 0.6) is 0 Å². The Morgan fingerprint density at radius 2 is 1.73 bits per heavy atom. The van der Waals surface area contributed by atoms with Crippen molar-refractivity contribution in [3.05, 3.63) is 42.3 Å². The van der Waals surface area contributed by atoms with Gasteiger partial charge in [0.25, 0.3) is 0 Å². The van der Waals surface area contributed by atoms with Crippen molar-refractivity contribution < 1.29 is 17.7 Å². The van der Waals surface area contributed by atoms with Crippen LogP contribution in [0.3, 0.4) is 0 Å². The second-order valence-electron chi connectivity index (χ2n) is 2.93. The van der Waals surface area contributed by atoms with Gasteiger partial charge in [0.05, 0.1) is 11.8 Å². The normalized spacial score (nSPS) is 11.7. The quantitative estimate of drug-likeness (QED) is 0.725. The molecule has 0 saturated heterocycles. The summed E-state index contributed by atoms with van der Waals surface area (Å²) in [6, 6.07) is 8.18. The molecule has 0 aliphatic rings. The smallest absolute Gasteiger partial charge is 0.351 e. The van der Waals surface area contributed by atoms with E-state index in [9.17, 15) is 13.2 Å². The number of nitrogens with zero attached hydrogens (tertiary/aromatic N) is 1. The summed E-state index contributed by atoms with van der Waals surface area (Å²) < 4.78 is 41.5. The van der Waals surface area contributed by atoms with Crippen molar-refractivity contribution >= 4 is 0 Å². The molecule has 1 aromatic carbocycles. The zero-order chi connectivity index (χ0) is 10.9. The molecule has 0 amide bonds. The van der Waals surface area contributed by atoms with Gasteiger partial charge in [0.15, 0.2) is 0 Å². The maximum atomic E-state index is 12.4. The van der Waals surface area contributed by atoms with E-state index in [2.05, 4.69) is 9.68 Å². The van der Waals surface area contributed by atoms with Crippen LogP contribution in [0.25, 0.3) is 11.1 Å². The van der Waals surface area contributed by atoms with Crippen molar-refractivity contribution in [2.24, 2.45) is 0 Å². The summed E-state index contributed by atoms with van der Waals surface area (Å²) in [5, 5.41) is 3.17. The molecular weight excluding hydrogens is 207 g/mol. The largest absolute Gasteiger partial charge is 0.453 e. The number of alkyl halides is 3. The molecule has 78 valence electrons. The molecule has 0 atom stereocenters. The lowest BCUT2D eigenvalue weighted by Crippen LogP contribution is -2.04. The van der Waals surface area contributed by atoms with E-state index in [0.717, 1.165) is 6.20 Å². The average molecular weight is 213 g/mol. The van der Waals surface area contributed by atoms with Gasteiger partial charge in [-0.1, -0.05) is 35.5 Å². The van der Waals surface area contributed by atoms with Gasteiger partial charge in [0.1, 0.15) is 0 Å². The Hall–Kier alpha value is -1.78. The Bertz CT molecular complexity index is 447. The third-order valence-corrected chi connectivity index (χ3v) is 1.91. The maximum absolute atomic E-state index is 12.4. The van der Waals surface area contributed by atoms with Gasteiger partial charge >= 0.3 is 6.18 Å².